The van der Waals surface area contributed by atoms with Gasteiger partial charge in [0.05, 0.1) is 51.9 Å². The number of carbonyl (C=O) groups excluding carboxylic acids is 1. The molecule has 0 aliphatic heterocycles. The zero-order valence-electron chi connectivity index (χ0n) is 19.7. The Labute approximate surface area is 203 Å². The molecule has 0 unspecified atom stereocenters. The molecular weight excluding hydrogens is 456 g/mol. The molecule has 0 aliphatic carbocycles. The second-order valence-electron chi connectivity index (χ2n) is 8.66. The predicted molar refractivity (Wildman–Crippen MR) is 128 cm³/mol. The molecule has 0 saturated carbocycles. The van der Waals surface area contributed by atoms with E-state index in [1.54, 1.807) is 12.1 Å². The molecule has 1 atom stereocenters. The van der Waals surface area contributed by atoms with Crippen molar-refractivity contribution >= 4 is 23.4 Å². The maximum absolute atomic E-state index is 12.4. The average molecular weight is 486 g/mol. The van der Waals surface area contributed by atoms with Crippen molar-refractivity contribution in [2.75, 3.05) is 28.3 Å². The fraction of sp³-hybridized carbons (Fsp3) is 0.333. The molecule has 1 heterocycles. The third-order valence-corrected chi connectivity index (χ3v) is 6.22. The van der Waals surface area contributed by atoms with Gasteiger partial charge >= 0.3 is 5.97 Å². The molecule has 0 fully saturated rings. The molecule has 9 nitrogen and oxygen atoms in total. The van der Waals surface area contributed by atoms with E-state index in [1.165, 1.54) is 31.0 Å². The van der Waals surface area contributed by atoms with Gasteiger partial charge in [-0.3, -0.25) is 10.1 Å². The lowest BCUT2D eigenvalue weighted by Gasteiger charge is -2.31. The van der Waals surface area contributed by atoms with Gasteiger partial charge < -0.3 is 18.5 Å². The topological polar surface area (TPSA) is 96.5 Å². The highest BCUT2D eigenvalue weighted by molar-refractivity contribution is 7.99. The summed E-state index contributed by atoms with van der Waals surface area (Å²) in [4.78, 5) is 28.5. The molecule has 0 radical (unpaired) electrons. The van der Waals surface area contributed by atoms with Crippen LogP contribution in [0.15, 0.2) is 70.8 Å². The number of nitro benzene ring substituents is 1. The van der Waals surface area contributed by atoms with Gasteiger partial charge in [0.2, 0.25) is 0 Å². The normalized spacial score (nSPS) is 12.4. The quantitative estimate of drug-likeness (QED) is 0.176. The lowest BCUT2D eigenvalue weighted by atomic mass is 10.1. The first kappa shape index (κ1) is 25.4. The number of likely N-dealkylation sites (N-methyl/N-ethyl adjacent to an activating group) is 1. The number of esters is 1. The molecule has 0 aliphatic rings. The number of non-ortho nitro benzene ring substituents is 1. The lowest BCUT2D eigenvalue weighted by Crippen LogP contribution is -2.51. The molecular formula is C24H29N4O5S+. The number of carbonyl (C=O) groups is 1. The van der Waals surface area contributed by atoms with Gasteiger partial charge in [0.25, 0.3) is 5.69 Å². The first-order chi connectivity index (χ1) is 16.2. The number of ether oxygens (including phenoxy) is 2. The summed E-state index contributed by atoms with van der Waals surface area (Å²) >= 11 is 1.38. The molecule has 0 amide bonds. The van der Waals surface area contributed by atoms with E-state index in [1.807, 2.05) is 62.2 Å². The van der Waals surface area contributed by atoms with Gasteiger partial charge in [-0.15, -0.1) is 0 Å². The van der Waals surface area contributed by atoms with Gasteiger partial charge in [-0.05, 0) is 17.7 Å². The standard InChI is InChI=1S/C24H29N4O5S/c1-28(2,3)22(23(29)32-4)14-19-15-26(17-33-16-18-8-6-5-7-9-18)24(25-19)34-21-12-10-20(11-13-21)27(30)31/h5-13,15,22H,14,16-17H2,1-4H3/q+1/t22-/m0/s1. The van der Waals surface area contributed by atoms with E-state index in [9.17, 15) is 14.9 Å². The van der Waals surface area contributed by atoms with Gasteiger partial charge in [0.1, 0.15) is 6.73 Å². The van der Waals surface area contributed by atoms with E-state index >= 15 is 0 Å². The van der Waals surface area contributed by atoms with Crippen molar-refractivity contribution in [3.8, 4) is 0 Å². The van der Waals surface area contributed by atoms with Crippen molar-refractivity contribution in [1.29, 1.82) is 0 Å². The first-order valence-corrected chi connectivity index (χ1v) is 11.5. The van der Waals surface area contributed by atoms with Crippen molar-refractivity contribution in [1.82, 2.24) is 9.55 Å². The van der Waals surface area contributed by atoms with E-state index in [0.29, 0.717) is 22.7 Å². The molecule has 1 aromatic heterocycles. The van der Waals surface area contributed by atoms with Crippen LogP contribution in [-0.2, 0) is 34.0 Å². The smallest absolute Gasteiger partial charge is 0.365 e. The Morgan fingerprint density at radius 2 is 1.82 bits per heavy atom. The molecule has 3 aromatic rings. The largest absolute Gasteiger partial charge is 0.465 e. The molecule has 180 valence electrons. The molecule has 2 aromatic carbocycles. The second-order valence-corrected chi connectivity index (χ2v) is 9.70. The summed E-state index contributed by atoms with van der Waals surface area (Å²) in [5.41, 5.74) is 1.82. The third kappa shape index (κ3) is 6.89. The summed E-state index contributed by atoms with van der Waals surface area (Å²) in [6.07, 6.45) is 2.28. The van der Waals surface area contributed by atoms with Gasteiger partial charge in [-0.2, -0.15) is 0 Å². The summed E-state index contributed by atoms with van der Waals surface area (Å²) in [6.45, 7) is 0.712. The van der Waals surface area contributed by atoms with Crippen molar-refractivity contribution in [2.24, 2.45) is 0 Å². The summed E-state index contributed by atoms with van der Waals surface area (Å²) < 4.78 is 13.2. The highest BCUT2D eigenvalue weighted by atomic mass is 32.2. The van der Waals surface area contributed by atoms with Crippen LogP contribution in [0.2, 0.25) is 0 Å². The molecule has 0 spiro atoms. The molecule has 34 heavy (non-hydrogen) atoms. The number of rotatable bonds is 11. The molecule has 0 N–H and O–H groups in total. The number of benzene rings is 2. The Morgan fingerprint density at radius 1 is 1.15 bits per heavy atom. The Morgan fingerprint density at radius 3 is 2.41 bits per heavy atom. The first-order valence-electron chi connectivity index (χ1n) is 10.7. The summed E-state index contributed by atoms with van der Waals surface area (Å²) in [5, 5.41) is 11.6. The van der Waals surface area contributed by atoms with E-state index in [2.05, 4.69) is 0 Å². The third-order valence-electron chi connectivity index (χ3n) is 5.20. The van der Waals surface area contributed by atoms with E-state index in [-0.39, 0.29) is 18.4 Å². The van der Waals surface area contributed by atoms with Crippen LogP contribution in [0.5, 0.6) is 0 Å². The van der Waals surface area contributed by atoms with Gasteiger partial charge in [-0.1, -0.05) is 42.1 Å². The Hall–Kier alpha value is -3.21. The molecule has 10 heteroatoms. The minimum absolute atomic E-state index is 0.0310. The minimum atomic E-state index is -0.428. The van der Waals surface area contributed by atoms with Crippen LogP contribution in [0.3, 0.4) is 0 Å². The maximum Gasteiger partial charge on any atom is 0.365 e. The predicted octanol–water partition coefficient (Wildman–Crippen LogP) is 3.91. The van der Waals surface area contributed by atoms with E-state index in [4.69, 9.17) is 14.5 Å². The molecule has 0 bridgehead atoms. The summed E-state index contributed by atoms with van der Waals surface area (Å²) in [6, 6.07) is 15.8. The minimum Gasteiger partial charge on any atom is -0.465 e. The Balaban J connectivity index is 1.82. The van der Waals surface area contributed by atoms with Crippen LogP contribution in [0.25, 0.3) is 0 Å². The number of methoxy groups -OCH3 is 1. The van der Waals surface area contributed by atoms with Crippen LogP contribution in [0, 0.1) is 10.1 Å². The summed E-state index contributed by atoms with van der Waals surface area (Å²) in [7, 11) is 7.20. The Bertz CT molecular complexity index is 1110. The zero-order chi connectivity index (χ0) is 24.7. The average Bonchev–Trinajstić information content (AvgIpc) is 3.18. The summed E-state index contributed by atoms with van der Waals surface area (Å²) in [5.74, 6) is -0.299. The number of hydrogen-bond acceptors (Lipinski definition) is 7. The number of hydrogen-bond donors (Lipinski definition) is 0. The maximum atomic E-state index is 12.4. The highest BCUT2D eigenvalue weighted by Gasteiger charge is 2.33. The number of aromatic nitrogens is 2. The lowest BCUT2D eigenvalue weighted by molar-refractivity contribution is -0.887. The Kier molecular flexibility index (Phi) is 8.43. The highest BCUT2D eigenvalue weighted by Crippen LogP contribution is 2.29. The number of quaternary nitrogens is 1. The zero-order valence-corrected chi connectivity index (χ0v) is 20.5. The van der Waals surface area contributed by atoms with Gasteiger partial charge in [-0.25, -0.2) is 9.78 Å². The van der Waals surface area contributed by atoms with Crippen molar-refractivity contribution in [2.45, 2.75) is 35.9 Å². The fourth-order valence-electron chi connectivity index (χ4n) is 3.31. The van der Waals surface area contributed by atoms with Crippen LogP contribution in [0.1, 0.15) is 11.3 Å². The van der Waals surface area contributed by atoms with Crippen LogP contribution < -0.4 is 0 Å². The van der Waals surface area contributed by atoms with Gasteiger partial charge in [0.15, 0.2) is 11.2 Å². The number of nitro groups is 1. The fourth-order valence-corrected chi connectivity index (χ4v) is 4.18. The van der Waals surface area contributed by atoms with Crippen LogP contribution in [-0.4, -0.2) is 59.2 Å². The SMILES string of the molecule is COC(=O)[C@H](Cc1cn(COCc2ccccc2)c(Sc2ccc([N+](=O)[O-])cc2)n1)[N+](C)(C)C. The number of nitrogens with zero attached hydrogens (tertiary/aromatic N) is 4. The van der Waals surface area contributed by atoms with E-state index in [0.717, 1.165) is 16.2 Å². The monoisotopic (exact) mass is 485 g/mol. The van der Waals surface area contributed by atoms with Gasteiger partial charge in [0, 0.05) is 23.2 Å². The molecule has 3 rings (SSSR count). The number of imidazole rings is 1. The van der Waals surface area contributed by atoms with Crippen molar-refractivity contribution in [3.05, 3.63) is 82.2 Å². The second kappa shape index (κ2) is 11.3. The van der Waals surface area contributed by atoms with Crippen LogP contribution in [0.4, 0.5) is 5.69 Å². The van der Waals surface area contributed by atoms with Crippen molar-refractivity contribution < 1.29 is 23.7 Å². The molecule has 0 saturated heterocycles. The van der Waals surface area contributed by atoms with E-state index < -0.39 is 11.0 Å². The van der Waals surface area contributed by atoms with Crippen molar-refractivity contribution in [3.63, 3.8) is 0 Å². The van der Waals surface area contributed by atoms with Crippen LogP contribution >= 0.6 is 11.8 Å².